The third-order valence-electron chi connectivity index (χ3n) is 4.79. The van der Waals surface area contributed by atoms with Gasteiger partial charge in [0.2, 0.25) is 0 Å². The minimum Gasteiger partial charge on any atom is -0.369 e. The zero-order valence-corrected chi connectivity index (χ0v) is 18.8. The van der Waals surface area contributed by atoms with Crippen LogP contribution in [0.4, 0.5) is 5.69 Å². The lowest BCUT2D eigenvalue weighted by Crippen LogP contribution is -2.48. The van der Waals surface area contributed by atoms with Gasteiger partial charge in [0.05, 0.1) is 0 Å². The Hall–Kier alpha value is -1.45. The lowest BCUT2D eigenvalue weighted by Gasteiger charge is -2.36. The van der Waals surface area contributed by atoms with E-state index in [2.05, 4.69) is 9.88 Å². The van der Waals surface area contributed by atoms with E-state index >= 15 is 0 Å². The molecular weight excluding hydrogens is 434 g/mol. The molecule has 1 aliphatic rings. The highest BCUT2D eigenvalue weighted by atomic mass is 35.5. The van der Waals surface area contributed by atoms with Crippen LogP contribution in [0.15, 0.2) is 39.2 Å². The molecule has 0 N–H and O–H groups in total. The molecule has 0 atom stereocenters. The van der Waals surface area contributed by atoms with Gasteiger partial charge in [-0.05, 0) is 37.6 Å². The van der Waals surface area contributed by atoms with Crippen LogP contribution in [0.25, 0.3) is 10.6 Å². The van der Waals surface area contributed by atoms with Crippen molar-refractivity contribution < 1.29 is 8.42 Å². The third kappa shape index (κ3) is 3.84. The van der Waals surface area contributed by atoms with E-state index in [-0.39, 0.29) is 0 Å². The first-order valence-electron chi connectivity index (χ1n) is 8.87. The molecule has 5 nitrogen and oxygen atoms in total. The van der Waals surface area contributed by atoms with Crippen LogP contribution >= 0.6 is 34.3 Å². The summed E-state index contributed by atoms with van der Waals surface area (Å²) < 4.78 is 28.1. The molecule has 2 aromatic heterocycles. The highest BCUT2D eigenvalue weighted by Gasteiger charge is 2.30. The summed E-state index contributed by atoms with van der Waals surface area (Å²) in [7, 11) is -3.49. The number of thiophene rings is 1. The number of piperazine rings is 1. The molecule has 1 aliphatic heterocycles. The topological polar surface area (TPSA) is 53.5 Å². The Morgan fingerprint density at radius 2 is 1.79 bits per heavy atom. The predicted molar refractivity (Wildman–Crippen MR) is 117 cm³/mol. The van der Waals surface area contributed by atoms with Crippen LogP contribution in [0.5, 0.6) is 0 Å². The van der Waals surface area contributed by atoms with Crippen LogP contribution in [0.3, 0.4) is 0 Å². The van der Waals surface area contributed by atoms with Gasteiger partial charge in [-0.1, -0.05) is 17.7 Å². The first-order valence-corrected chi connectivity index (χ1v) is 12.4. The molecule has 4 rings (SSSR count). The number of aryl methyl sites for hydroxylation is 2. The van der Waals surface area contributed by atoms with Crippen LogP contribution in [0.1, 0.15) is 11.3 Å². The molecule has 3 aromatic rings. The summed E-state index contributed by atoms with van der Waals surface area (Å²) in [4.78, 5) is 6.65. The van der Waals surface area contributed by atoms with Crippen molar-refractivity contribution in [2.24, 2.45) is 0 Å². The van der Waals surface area contributed by atoms with Crippen molar-refractivity contribution in [3.05, 3.63) is 51.3 Å². The first-order chi connectivity index (χ1) is 13.3. The summed E-state index contributed by atoms with van der Waals surface area (Å²) in [6.45, 7) is 6.18. The molecule has 0 radical (unpaired) electrons. The fourth-order valence-electron chi connectivity index (χ4n) is 3.27. The second kappa shape index (κ2) is 7.76. The molecule has 0 bridgehead atoms. The van der Waals surface area contributed by atoms with E-state index in [1.54, 1.807) is 10.4 Å². The van der Waals surface area contributed by atoms with E-state index in [4.69, 9.17) is 11.6 Å². The normalized spacial score (nSPS) is 15.9. The second-order valence-electron chi connectivity index (χ2n) is 6.77. The fraction of sp³-hybridized carbons (Fsp3) is 0.316. The molecule has 1 aromatic carbocycles. The summed E-state index contributed by atoms with van der Waals surface area (Å²) in [5.41, 5.74) is 4.03. The average Bonchev–Trinajstić information content (AvgIpc) is 3.33. The minimum atomic E-state index is -3.49. The van der Waals surface area contributed by atoms with Crippen LogP contribution in [-0.2, 0) is 10.0 Å². The van der Waals surface area contributed by atoms with Gasteiger partial charge in [-0.3, -0.25) is 0 Å². The third-order valence-corrected chi connectivity index (χ3v) is 9.34. The number of aromatic nitrogens is 1. The molecule has 0 spiro atoms. The number of halogens is 1. The van der Waals surface area contributed by atoms with Crippen molar-refractivity contribution in [2.75, 3.05) is 31.1 Å². The molecule has 1 fully saturated rings. The zero-order chi connectivity index (χ0) is 19.9. The number of sulfonamides is 1. The number of anilines is 1. The van der Waals surface area contributed by atoms with Crippen LogP contribution in [0, 0.1) is 13.8 Å². The highest BCUT2D eigenvalue weighted by Crippen LogP contribution is 2.33. The SMILES string of the molecule is Cc1csc(-c2csc(S(=O)(=O)N3CCN(c4cc(Cl)ccc4C)CC3)c2)n1. The van der Waals surface area contributed by atoms with E-state index < -0.39 is 10.0 Å². The number of nitrogens with zero attached hydrogens (tertiary/aromatic N) is 3. The number of benzene rings is 1. The number of hydrogen-bond donors (Lipinski definition) is 0. The molecule has 28 heavy (non-hydrogen) atoms. The monoisotopic (exact) mass is 453 g/mol. The van der Waals surface area contributed by atoms with E-state index in [9.17, 15) is 8.42 Å². The number of thiazole rings is 1. The Balaban J connectivity index is 1.49. The lowest BCUT2D eigenvalue weighted by molar-refractivity contribution is 0.386. The minimum absolute atomic E-state index is 0.378. The van der Waals surface area contributed by atoms with Gasteiger partial charge in [0.25, 0.3) is 10.0 Å². The average molecular weight is 454 g/mol. The van der Waals surface area contributed by atoms with Gasteiger partial charge in [-0.2, -0.15) is 4.31 Å². The Kier molecular flexibility index (Phi) is 5.50. The maximum Gasteiger partial charge on any atom is 0.252 e. The number of rotatable bonds is 4. The Labute approximate surface area is 178 Å². The van der Waals surface area contributed by atoms with Gasteiger partial charge in [-0.15, -0.1) is 22.7 Å². The second-order valence-corrected chi connectivity index (χ2v) is 11.1. The predicted octanol–water partition coefficient (Wildman–Crippen LogP) is 4.65. The molecule has 0 amide bonds. The lowest BCUT2D eigenvalue weighted by atomic mass is 10.1. The zero-order valence-electron chi connectivity index (χ0n) is 15.6. The number of hydrogen-bond acceptors (Lipinski definition) is 6. The van der Waals surface area contributed by atoms with Crippen molar-refractivity contribution in [2.45, 2.75) is 18.1 Å². The molecule has 0 aliphatic carbocycles. The maximum atomic E-state index is 13.1. The Morgan fingerprint density at radius 3 is 2.46 bits per heavy atom. The van der Waals surface area contributed by atoms with Gasteiger partial charge >= 0.3 is 0 Å². The summed E-state index contributed by atoms with van der Waals surface area (Å²) in [5, 5.41) is 5.39. The maximum absolute atomic E-state index is 13.1. The summed E-state index contributed by atoms with van der Waals surface area (Å²) in [6, 6.07) is 7.56. The van der Waals surface area contributed by atoms with Gasteiger partial charge in [0.1, 0.15) is 9.22 Å². The standard InChI is InChI=1S/C19H20ClN3O2S3/c1-13-3-4-16(20)10-17(13)22-5-7-23(8-6-22)28(24,25)18-9-15(12-26-18)19-21-14(2)11-27-19/h3-4,9-12H,5-8H2,1-2H3. The Morgan fingerprint density at radius 1 is 1.04 bits per heavy atom. The van der Waals surface area contributed by atoms with E-state index in [0.717, 1.165) is 27.5 Å². The van der Waals surface area contributed by atoms with E-state index in [1.165, 1.54) is 22.7 Å². The van der Waals surface area contributed by atoms with E-state index in [0.29, 0.717) is 35.4 Å². The first kappa shape index (κ1) is 19.8. The molecular formula is C19H20ClN3O2S3. The molecule has 1 saturated heterocycles. The largest absolute Gasteiger partial charge is 0.369 e. The van der Waals surface area contributed by atoms with Crippen LogP contribution < -0.4 is 4.90 Å². The summed E-state index contributed by atoms with van der Waals surface area (Å²) in [6.07, 6.45) is 0. The van der Waals surface area contributed by atoms with Gasteiger partial charge in [0.15, 0.2) is 0 Å². The summed E-state index contributed by atoms with van der Waals surface area (Å²) >= 11 is 8.93. The summed E-state index contributed by atoms with van der Waals surface area (Å²) in [5.74, 6) is 0. The van der Waals surface area contributed by atoms with Gasteiger partial charge < -0.3 is 4.90 Å². The van der Waals surface area contributed by atoms with Crippen molar-refractivity contribution in [3.8, 4) is 10.6 Å². The fourth-order valence-corrected chi connectivity index (χ4v) is 7.04. The van der Waals surface area contributed by atoms with Crippen LogP contribution in [0.2, 0.25) is 5.02 Å². The highest BCUT2D eigenvalue weighted by molar-refractivity contribution is 7.91. The van der Waals surface area contributed by atoms with E-state index in [1.807, 2.05) is 42.8 Å². The van der Waals surface area contributed by atoms with Gasteiger partial charge in [-0.25, -0.2) is 13.4 Å². The van der Waals surface area contributed by atoms with Crippen molar-refractivity contribution >= 4 is 50.0 Å². The van der Waals surface area contributed by atoms with Crippen molar-refractivity contribution in [1.29, 1.82) is 0 Å². The molecule has 0 saturated carbocycles. The molecule has 3 heterocycles. The Bertz CT molecular complexity index is 1100. The quantitative estimate of drug-likeness (QED) is 0.576. The van der Waals surface area contributed by atoms with Crippen molar-refractivity contribution in [3.63, 3.8) is 0 Å². The van der Waals surface area contributed by atoms with Gasteiger partial charge in [0, 0.05) is 58.9 Å². The van der Waals surface area contributed by atoms with Crippen LogP contribution in [-0.4, -0.2) is 43.9 Å². The molecule has 148 valence electrons. The smallest absolute Gasteiger partial charge is 0.252 e. The molecule has 9 heteroatoms. The van der Waals surface area contributed by atoms with Crippen molar-refractivity contribution in [1.82, 2.24) is 9.29 Å². The molecule has 0 unspecified atom stereocenters.